The van der Waals surface area contributed by atoms with Gasteiger partial charge in [0.25, 0.3) is 0 Å². The molecule has 1 aliphatic carbocycles. The summed E-state index contributed by atoms with van der Waals surface area (Å²) >= 11 is 0. The number of anilines is 1. The first kappa shape index (κ1) is 25.2. The van der Waals surface area contributed by atoms with Crippen molar-refractivity contribution in [3.8, 4) is 33.6 Å². The maximum absolute atomic E-state index is 14.6. The van der Waals surface area contributed by atoms with E-state index in [9.17, 15) is 4.39 Å². The van der Waals surface area contributed by atoms with E-state index in [1.54, 1.807) is 24.5 Å². The van der Waals surface area contributed by atoms with Crippen molar-refractivity contribution in [1.82, 2.24) is 25.1 Å². The molecule has 4 aromatic heterocycles. The summed E-state index contributed by atoms with van der Waals surface area (Å²) in [6, 6.07) is 17.2. The Labute approximate surface area is 237 Å². The number of nitrogens with zero attached hydrogens (tertiary/aromatic N) is 3. The molecule has 1 saturated carbocycles. The molecule has 7 rings (SSSR count). The molecule has 1 fully saturated rings. The largest absolute Gasteiger partial charge is 0.358 e. The third-order valence-corrected chi connectivity index (χ3v) is 8.18. The number of hydrogen-bond acceptors (Lipinski definition) is 4. The maximum atomic E-state index is 14.6. The van der Waals surface area contributed by atoms with Crippen LogP contribution in [0.5, 0.6) is 0 Å². The molecule has 6 aromatic rings. The summed E-state index contributed by atoms with van der Waals surface area (Å²) in [6.45, 7) is 4.29. The highest BCUT2D eigenvalue weighted by atomic mass is 19.1. The third kappa shape index (κ3) is 4.99. The third-order valence-electron chi connectivity index (χ3n) is 8.18. The van der Waals surface area contributed by atoms with Crippen LogP contribution in [0.15, 0.2) is 91.7 Å². The summed E-state index contributed by atoms with van der Waals surface area (Å²) in [5, 5.41) is 13.2. The van der Waals surface area contributed by atoms with Gasteiger partial charge in [0.15, 0.2) is 0 Å². The van der Waals surface area contributed by atoms with Crippen molar-refractivity contribution in [2.45, 2.75) is 38.5 Å². The van der Waals surface area contributed by atoms with E-state index in [0.717, 1.165) is 73.6 Å². The molecule has 0 radical (unpaired) electrons. The molecule has 1 aliphatic rings. The van der Waals surface area contributed by atoms with Gasteiger partial charge in [0.1, 0.15) is 11.5 Å². The minimum absolute atomic E-state index is 0.276. The van der Waals surface area contributed by atoms with Crippen LogP contribution in [-0.2, 0) is 0 Å². The zero-order valence-electron chi connectivity index (χ0n) is 22.8. The van der Waals surface area contributed by atoms with Crippen LogP contribution in [0.3, 0.4) is 0 Å². The van der Waals surface area contributed by atoms with Crippen LogP contribution in [-0.4, -0.2) is 25.1 Å². The molecule has 0 amide bonds. The van der Waals surface area contributed by atoms with Gasteiger partial charge >= 0.3 is 0 Å². The molecule has 0 saturated heterocycles. The van der Waals surface area contributed by atoms with Crippen molar-refractivity contribution in [2.24, 2.45) is 5.92 Å². The topological polar surface area (TPSA) is 82.3 Å². The first-order chi connectivity index (χ1) is 20.1. The minimum atomic E-state index is -0.276. The summed E-state index contributed by atoms with van der Waals surface area (Å²) in [5.74, 6) is 0.451. The highest BCUT2D eigenvalue weighted by Gasteiger charge is 2.17. The van der Waals surface area contributed by atoms with Gasteiger partial charge < -0.3 is 10.3 Å². The Bertz CT molecular complexity index is 1880. The maximum Gasteiger partial charge on any atom is 0.131 e. The number of aromatic nitrogens is 5. The first-order valence-electron chi connectivity index (χ1n) is 14.2. The number of rotatable bonds is 7. The number of nitrogens with one attached hydrogen (secondary N) is 3. The van der Waals surface area contributed by atoms with Gasteiger partial charge in [-0.05, 0) is 48.2 Å². The Morgan fingerprint density at radius 1 is 0.854 bits per heavy atom. The second kappa shape index (κ2) is 10.7. The molecule has 0 bridgehead atoms. The Hall–Kier alpha value is -4.78. The van der Waals surface area contributed by atoms with E-state index in [2.05, 4.69) is 55.2 Å². The van der Waals surface area contributed by atoms with E-state index >= 15 is 0 Å². The molecule has 204 valence electrons. The van der Waals surface area contributed by atoms with Crippen LogP contribution in [0.1, 0.15) is 38.5 Å². The monoisotopic (exact) mass is 542 g/mol. The summed E-state index contributed by atoms with van der Waals surface area (Å²) in [7, 11) is 0. The van der Waals surface area contributed by atoms with E-state index in [0.29, 0.717) is 5.56 Å². The average molecular weight is 543 g/mol. The van der Waals surface area contributed by atoms with Gasteiger partial charge in [0, 0.05) is 45.6 Å². The van der Waals surface area contributed by atoms with Gasteiger partial charge in [-0.2, -0.15) is 5.10 Å². The van der Waals surface area contributed by atoms with E-state index in [1.165, 1.54) is 38.2 Å². The second-order valence-corrected chi connectivity index (χ2v) is 11.0. The number of aromatic amines is 2. The Balaban J connectivity index is 1.20. The highest BCUT2D eigenvalue weighted by Crippen LogP contribution is 2.36. The van der Waals surface area contributed by atoms with Crippen molar-refractivity contribution < 1.29 is 4.39 Å². The Morgan fingerprint density at radius 2 is 1.71 bits per heavy atom. The quantitative estimate of drug-likeness (QED) is 0.188. The summed E-state index contributed by atoms with van der Waals surface area (Å²) < 4.78 is 14.6. The zero-order chi connectivity index (χ0) is 27.8. The molecule has 6 nitrogen and oxygen atoms in total. The van der Waals surface area contributed by atoms with Crippen molar-refractivity contribution >= 4 is 27.5 Å². The molecular weight excluding hydrogens is 511 g/mol. The molecule has 0 spiro atoms. The van der Waals surface area contributed by atoms with Crippen molar-refractivity contribution in [1.29, 1.82) is 0 Å². The van der Waals surface area contributed by atoms with Gasteiger partial charge in [-0.3, -0.25) is 15.1 Å². The van der Waals surface area contributed by atoms with Crippen LogP contribution in [0.2, 0.25) is 0 Å². The summed E-state index contributed by atoms with van der Waals surface area (Å²) in [5.41, 5.74) is 8.68. The fourth-order valence-electron chi connectivity index (χ4n) is 6.13. The number of pyridine rings is 2. The lowest BCUT2D eigenvalue weighted by Crippen LogP contribution is -2.10. The summed E-state index contributed by atoms with van der Waals surface area (Å²) in [4.78, 5) is 12.3. The normalized spacial score (nSPS) is 14.1. The molecular formula is C34H31FN6. The smallest absolute Gasteiger partial charge is 0.131 e. The van der Waals surface area contributed by atoms with Crippen molar-refractivity contribution in [3.05, 3.63) is 97.5 Å². The van der Waals surface area contributed by atoms with Crippen LogP contribution in [0.4, 0.5) is 10.1 Å². The Kier molecular flexibility index (Phi) is 6.55. The number of H-pyrrole nitrogens is 2. The first-order valence-corrected chi connectivity index (χ1v) is 14.2. The van der Waals surface area contributed by atoms with Crippen molar-refractivity contribution in [2.75, 3.05) is 5.32 Å². The molecule has 0 unspecified atom stereocenters. The van der Waals surface area contributed by atoms with Gasteiger partial charge in [-0.25, -0.2) is 4.39 Å². The molecule has 3 N–H and O–H groups in total. The van der Waals surface area contributed by atoms with E-state index in [4.69, 9.17) is 0 Å². The van der Waals surface area contributed by atoms with E-state index in [1.807, 2.05) is 30.6 Å². The summed E-state index contributed by atoms with van der Waals surface area (Å²) in [6.07, 6.45) is 14.8. The number of allylic oxidation sites excluding steroid dienone is 1. The zero-order valence-corrected chi connectivity index (χ0v) is 22.8. The predicted octanol–water partition coefficient (Wildman–Crippen LogP) is 8.87. The molecule has 0 atom stereocenters. The lowest BCUT2D eigenvalue weighted by atomic mass is 9.86. The number of benzene rings is 2. The van der Waals surface area contributed by atoms with Crippen LogP contribution < -0.4 is 5.32 Å². The van der Waals surface area contributed by atoms with Gasteiger partial charge in [0.2, 0.25) is 0 Å². The molecule has 7 heteroatoms. The van der Waals surface area contributed by atoms with Crippen LogP contribution in [0, 0.1) is 11.7 Å². The van der Waals surface area contributed by atoms with Gasteiger partial charge in [0.05, 0.1) is 34.8 Å². The number of hydrogen-bond donors (Lipinski definition) is 3. The van der Waals surface area contributed by atoms with E-state index in [-0.39, 0.29) is 5.82 Å². The SMILES string of the molecule is C=C(CC1CCCCC1)Nc1cncc(-c2ccc3[nH]nc(-c4cc5c(-c6ccccc6F)cncc5[nH]4)c3c2)c1. The van der Waals surface area contributed by atoms with Gasteiger partial charge in [-0.1, -0.05) is 62.9 Å². The second-order valence-electron chi connectivity index (χ2n) is 11.0. The Morgan fingerprint density at radius 3 is 2.59 bits per heavy atom. The molecule has 2 aromatic carbocycles. The van der Waals surface area contributed by atoms with E-state index < -0.39 is 0 Å². The fraction of sp³-hybridized carbons (Fsp3) is 0.206. The fourth-order valence-corrected chi connectivity index (χ4v) is 6.13. The lowest BCUT2D eigenvalue weighted by Gasteiger charge is -2.22. The molecule has 0 aliphatic heterocycles. The highest BCUT2D eigenvalue weighted by molar-refractivity contribution is 6.01. The number of fused-ring (bicyclic) bond motifs is 2. The number of halogens is 1. The molecule has 41 heavy (non-hydrogen) atoms. The average Bonchev–Trinajstić information content (AvgIpc) is 3.62. The van der Waals surface area contributed by atoms with Gasteiger partial charge in [-0.15, -0.1) is 0 Å². The minimum Gasteiger partial charge on any atom is -0.358 e. The predicted molar refractivity (Wildman–Crippen MR) is 164 cm³/mol. The standard InChI is InChI=1S/C34H31FN6/c1-21(13-22-7-3-2-4-8-22)38-25-14-24(17-36-18-25)23-11-12-31-28(15-23)34(41-40-31)32-16-27-29(19-37-20-33(27)39-32)26-9-5-6-10-30(26)35/h5-6,9-12,14-20,22,38-39H,1-4,7-8,13H2,(H,40,41). The molecule has 4 heterocycles. The lowest BCUT2D eigenvalue weighted by molar-refractivity contribution is 0.357. The van der Waals surface area contributed by atoms with Crippen molar-refractivity contribution in [3.63, 3.8) is 0 Å². The van der Waals surface area contributed by atoms with Crippen LogP contribution >= 0.6 is 0 Å². The van der Waals surface area contributed by atoms with Crippen LogP contribution in [0.25, 0.3) is 55.4 Å².